The minimum Gasteiger partial charge on any atom is -0.492 e. The first-order valence-electron chi connectivity index (χ1n) is 12.1. The van der Waals surface area contributed by atoms with Crippen molar-refractivity contribution in [1.82, 2.24) is 9.97 Å². The third kappa shape index (κ3) is 3.77. The predicted octanol–water partition coefficient (Wildman–Crippen LogP) is 5.44. The second-order valence-electron chi connectivity index (χ2n) is 9.21. The Labute approximate surface area is 208 Å². The number of carbonyl (C=O) groups is 2. The van der Waals surface area contributed by atoms with Crippen LogP contribution >= 0.6 is 0 Å². The average molecular weight is 481 g/mol. The van der Waals surface area contributed by atoms with Gasteiger partial charge in [0.2, 0.25) is 0 Å². The van der Waals surface area contributed by atoms with E-state index in [2.05, 4.69) is 16.0 Å². The van der Waals surface area contributed by atoms with Crippen molar-refractivity contribution >= 4 is 22.7 Å². The van der Waals surface area contributed by atoms with Gasteiger partial charge in [-0.1, -0.05) is 19.1 Å². The Balaban J connectivity index is 1.60. The smallest absolute Gasteiger partial charge is 0.345 e. The zero-order valence-electron chi connectivity index (χ0n) is 19.8. The molecule has 0 amide bonds. The molecule has 2 aromatic carbocycles. The van der Waals surface area contributed by atoms with E-state index in [0.717, 1.165) is 47.6 Å². The van der Waals surface area contributed by atoms with Crippen LogP contribution in [0.5, 0.6) is 17.2 Å². The van der Waals surface area contributed by atoms with Crippen molar-refractivity contribution in [2.24, 2.45) is 0 Å². The van der Waals surface area contributed by atoms with E-state index in [1.165, 1.54) is 18.0 Å². The van der Waals surface area contributed by atoms with Gasteiger partial charge in [0.15, 0.2) is 11.5 Å². The van der Waals surface area contributed by atoms with Gasteiger partial charge in [0.1, 0.15) is 5.75 Å². The number of aromatic nitrogens is 2. The van der Waals surface area contributed by atoms with Crippen molar-refractivity contribution in [3.8, 4) is 17.2 Å². The van der Waals surface area contributed by atoms with E-state index in [-0.39, 0.29) is 17.4 Å². The van der Waals surface area contributed by atoms with Crippen molar-refractivity contribution in [3.05, 3.63) is 89.0 Å². The largest absolute Gasteiger partial charge is 0.492 e. The summed E-state index contributed by atoms with van der Waals surface area (Å²) >= 11 is 0. The summed E-state index contributed by atoms with van der Waals surface area (Å²) in [6, 6.07) is 10.8. The molecule has 0 radical (unpaired) electrons. The van der Waals surface area contributed by atoms with Crippen LogP contribution in [0.2, 0.25) is 0 Å². The molecule has 3 heterocycles. The lowest BCUT2D eigenvalue weighted by molar-refractivity contribution is 0.0682. The molecule has 0 N–H and O–H groups in total. The van der Waals surface area contributed by atoms with Crippen molar-refractivity contribution in [2.45, 2.75) is 38.5 Å². The van der Waals surface area contributed by atoms with Crippen molar-refractivity contribution in [2.75, 3.05) is 6.61 Å². The van der Waals surface area contributed by atoms with Gasteiger partial charge in [-0.3, -0.25) is 9.97 Å². The van der Waals surface area contributed by atoms with Crippen LogP contribution in [0.25, 0.3) is 10.8 Å². The molecule has 36 heavy (non-hydrogen) atoms. The highest BCUT2D eigenvalue weighted by Crippen LogP contribution is 2.54. The van der Waals surface area contributed by atoms with Crippen LogP contribution in [0.1, 0.15) is 63.1 Å². The Hall–Kier alpha value is -4.26. The van der Waals surface area contributed by atoms with Gasteiger partial charge in [0.05, 0.1) is 17.7 Å². The van der Waals surface area contributed by atoms with Crippen LogP contribution < -0.4 is 14.2 Å². The topological polar surface area (TPSA) is 87.6 Å². The Morgan fingerprint density at radius 3 is 2.22 bits per heavy atom. The second-order valence-corrected chi connectivity index (χ2v) is 9.21. The molecule has 6 rings (SSSR count). The summed E-state index contributed by atoms with van der Waals surface area (Å²) in [4.78, 5) is 34.6. The number of nitrogens with zero attached hydrogens (tertiary/aromatic N) is 2. The summed E-state index contributed by atoms with van der Waals surface area (Å²) in [5.74, 6) is -0.0391. The highest BCUT2D eigenvalue weighted by molar-refractivity contribution is 6.04. The van der Waals surface area contributed by atoms with Crippen molar-refractivity contribution in [3.63, 3.8) is 0 Å². The van der Waals surface area contributed by atoms with E-state index in [1.54, 1.807) is 36.7 Å². The number of esters is 2. The van der Waals surface area contributed by atoms with Crippen LogP contribution in [-0.4, -0.2) is 28.5 Å². The number of hydrogen-bond donors (Lipinski definition) is 0. The van der Waals surface area contributed by atoms with Crippen molar-refractivity contribution in [1.29, 1.82) is 0 Å². The maximum Gasteiger partial charge on any atom is 0.345 e. The number of benzene rings is 2. The fourth-order valence-corrected chi connectivity index (χ4v) is 5.12. The van der Waals surface area contributed by atoms with E-state index >= 15 is 0 Å². The first kappa shape index (κ1) is 22.2. The molecule has 180 valence electrons. The third-order valence-electron chi connectivity index (χ3n) is 6.85. The summed E-state index contributed by atoms with van der Waals surface area (Å²) in [5, 5.41) is 1.64. The Morgan fingerprint density at radius 2 is 1.56 bits per heavy atom. The normalized spacial score (nSPS) is 16.1. The molecular weight excluding hydrogens is 456 g/mol. The summed E-state index contributed by atoms with van der Waals surface area (Å²) in [6.45, 7) is 2.45. The Kier molecular flexibility index (Phi) is 5.60. The molecule has 0 spiro atoms. The zero-order valence-corrected chi connectivity index (χ0v) is 19.8. The fourth-order valence-electron chi connectivity index (χ4n) is 5.12. The lowest BCUT2D eigenvalue weighted by Gasteiger charge is -2.23. The summed E-state index contributed by atoms with van der Waals surface area (Å²) in [6.07, 6.45) is 10.0. The van der Waals surface area contributed by atoms with Gasteiger partial charge in [0.25, 0.3) is 0 Å². The molecule has 4 aromatic rings. The van der Waals surface area contributed by atoms with Gasteiger partial charge in [-0.15, -0.1) is 0 Å². The maximum absolute atomic E-state index is 13.3. The second kappa shape index (κ2) is 9.07. The molecule has 1 aliphatic heterocycles. The van der Waals surface area contributed by atoms with Gasteiger partial charge in [-0.2, -0.15) is 0 Å². The SMILES string of the molecule is CC1COc2c1c(OC(=O)c1cccnc1)c(OC(=O)c1cccnc1)c1c3c(ccc21)CCCC3. The molecule has 2 aliphatic rings. The fraction of sp³-hybridized carbons (Fsp3) is 0.241. The van der Waals surface area contributed by atoms with E-state index in [4.69, 9.17) is 14.2 Å². The molecule has 0 bridgehead atoms. The lowest BCUT2D eigenvalue weighted by Crippen LogP contribution is -2.15. The molecule has 1 unspecified atom stereocenters. The summed E-state index contributed by atoms with van der Waals surface area (Å²) < 4.78 is 18.3. The minimum atomic E-state index is -0.577. The highest BCUT2D eigenvalue weighted by Gasteiger charge is 2.35. The number of pyridine rings is 2. The Bertz CT molecular complexity index is 1480. The molecule has 7 nitrogen and oxygen atoms in total. The number of hydrogen-bond acceptors (Lipinski definition) is 7. The predicted molar refractivity (Wildman–Crippen MR) is 133 cm³/mol. The lowest BCUT2D eigenvalue weighted by atomic mass is 9.85. The van der Waals surface area contributed by atoms with E-state index in [0.29, 0.717) is 23.5 Å². The third-order valence-corrected chi connectivity index (χ3v) is 6.85. The van der Waals surface area contributed by atoms with Crippen LogP contribution in [0.4, 0.5) is 0 Å². The maximum atomic E-state index is 13.3. The highest BCUT2D eigenvalue weighted by atomic mass is 16.6. The average Bonchev–Trinajstić information content (AvgIpc) is 3.32. The minimum absolute atomic E-state index is 0.0621. The van der Waals surface area contributed by atoms with Crippen molar-refractivity contribution < 1.29 is 23.8 Å². The Morgan fingerprint density at radius 1 is 0.889 bits per heavy atom. The van der Waals surface area contributed by atoms with Crippen LogP contribution in [0.15, 0.2) is 61.2 Å². The van der Waals surface area contributed by atoms with E-state index in [9.17, 15) is 9.59 Å². The molecule has 0 fully saturated rings. The number of aryl methyl sites for hydroxylation is 2. The van der Waals surface area contributed by atoms with Crippen LogP contribution in [0.3, 0.4) is 0 Å². The van der Waals surface area contributed by atoms with Gasteiger partial charge >= 0.3 is 11.9 Å². The zero-order chi connectivity index (χ0) is 24.6. The molecular formula is C29H24N2O5. The first-order valence-corrected chi connectivity index (χ1v) is 12.1. The standard InChI is InChI=1S/C29H24N2O5/c1-17-16-34-25-22-11-10-18-6-2-3-9-21(18)24(22)27(36-29(33)20-8-5-13-31-15-20)26(23(17)25)35-28(32)19-7-4-12-30-14-19/h4-5,7-8,10-15,17H,2-3,6,9,16H2,1H3. The van der Waals surface area contributed by atoms with Crippen LogP contribution in [0, 0.1) is 0 Å². The van der Waals surface area contributed by atoms with Gasteiger partial charge in [-0.05, 0) is 61.1 Å². The molecule has 7 heteroatoms. The van der Waals surface area contributed by atoms with E-state index in [1.807, 2.05) is 13.0 Å². The molecule has 0 saturated heterocycles. The first-order chi connectivity index (χ1) is 17.6. The number of ether oxygens (including phenoxy) is 3. The molecule has 0 saturated carbocycles. The number of rotatable bonds is 4. The summed E-state index contributed by atoms with van der Waals surface area (Å²) in [5.41, 5.74) is 3.66. The number of carbonyl (C=O) groups excluding carboxylic acids is 2. The monoisotopic (exact) mass is 480 g/mol. The molecule has 2 aromatic heterocycles. The molecule has 1 aliphatic carbocycles. The van der Waals surface area contributed by atoms with Gasteiger partial charge in [-0.25, -0.2) is 9.59 Å². The van der Waals surface area contributed by atoms with Gasteiger partial charge in [0, 0.05) is 47.0 Å². The van der Waals surface area contributed by atoms with Gasteiger partial charge < -0.3 is 14.2 Å². The molecule has 1 atom stereocenters. The summed E-state index contributed by atoms with van der Waals surface area (Å²) in [7, 11) is 0. The number of fused-ring (bicyclic) bond motifs is 5. The van der Waals surface area contributed by atoms with Crippen LogP contribution in [-0.2, 0) is 12.8 Å². The van der Waals surface area contributed by atoms with E-state index < -0.39 is 11.9 Å². The quantitative estimate of drug-likeness (QED) is 0.284.